The molecule has 6 heteroatoms. The van der Waals surface area contributed by atoms with Crippen molar-refractivity contribution in [3.05, 3.63) is 52.4 Å². The molecule has 0 fully saturated rings. The van der Waals surface area contributed by atoms with Gasteiger partial charge >= 0.3 is 5.97 Å². The van der Waals surface area contributed by atoms with Crippen molar-refractivity contribution in [1.82, 2.24) is 4.90 Å². The van der Waals surface area contributed by atoms with Gasteiger partial charge in [0.15, 0.2) is 0 Å². The maximum Gasteiger partial charge on any atom is 0.329 e. The number of hydrogen-bond donors (Lipinski definition) is 0. The molecule has 0 saturated heterocycles. The van der Waals surface area contributed by atoms with Crippen molar-refractivity contribution < 1.29 is 14.3 Å². The normalized spacial score (nSPS) is 16.6. The maximum absolute atomic E-state index is 13.0. The summed E-state index contributed by atoms with van der Waals surface area (Å²) in [5, 5.41) is 0. The molecule has 1 unspecified atom stereocenters. The Kier molecular flexibility index (Phi) is 5.26. The molecule has 1 aliphatic heterocycles. The third-order valence-corrected chi connectivity index (χ3v) is 6.22. The molecule has 1 aromatic heterocycles. The quantitative estimate of drug-likeness (QED) is 0.617. The molecular weight excluding hydrogens is 342 g/mol. The van der Waals surface area contributed by atoms with Gasteiger partial charge in [-0.3, -0.25) is 4.79 Å². The van der Waals surface area contributed by atoms with Crippen LogP contribution in [-0.4, -0.2) is 35.7 Å². The van der Waals surface area contributed by atoms with E-state index in [1.54, 1.807) is 23.6 Å². The molecule has 126 valence electrons. The van der Waals surface area contributed by atoms with Gasteiger partial charge in [-0.1, -0.05) is 24.3 Å². The van der Waals surface area contributed by atoms with Crippen LogP contribution in [0.3, 0.4) is 0 Å². The number of benzene rings is 1. The number of carbonyl (C=O) groups excluding carboxylic acids is 2. The van der Waals surface area contributed by atoms with Crippen molar-refractivity contribution in [2.75, 3.05) is 12.9 Å². The number of thioether (sulfide) groups is 1. The highest BCUT2D eigenvalue weighted by atomic mass is 32.2. The first-order chi connectivity index (χ1) is 11.6. The molecular formula is C18H19NO3S2. The Morgan fingerprint density at radius 2 is 2.00 bits per heavy atom. The molecule has 2 aromatic rings. The number of fused-ring (bicyclic) bond motifs is 1. The highest BCUT2D eigenvalue weighted by Gasteiger charge is 2.36. The predicted octanol–water partition coefficient (Wildman–Crippen LogP) is 3.60. The number of hydrogen-bond acceptors (Lipinski definition) is 5. The number of carbonyl (C=O) groups is 2. The van der Waals surface area contributed by atoms with E-state index in [1.165, 1.54) is 11.3 Å². The first kappa shape index (κ1) is 17.0. The van der Waals surface area contributed by atoms with Gasteiger partial charge in [-0.25, -0.2) is 4.79 Å². The van der Waals surface area contributed by atoms with Crippen molar-refractivity contribution >= 4 is 35.0 Å². The van der Waals surface area contributed by atoms with Gasteiger partial charge < -0.3 is 9.64 Å². The minimum absolute atomic E-state index is 0.104. The SMILES string of the molecule is CCOC(=O)C1Cc2ccccc2CN1C(=O)c1ccc(SC)s1. The topological polar surface area (TPSA) is 46.6 Å². The van der Waals surface area contributed by atoms with E-state index in [0.29, 0.717) is 24.4 Å². The lowest BCUT2D eigenvalue weighted by atomic mass is 9.94. The summed E-state index contributed by atoms with van der Waals surface area (Å²) < 4.78 is 6.29. The van der Waals surface area contributed by atoms with E-state index in [0.717, 1.165) is 15.3 Å². The van der Waals surface area contributed by atoms with Gasteiger partial charge in [0.05, 0.1) is 15.7 Å². The Balaban J connectivity index is 1.92. The molecule has 24 heavy (non-hydrogen) atoms. The summed E-state index contributed by atoms with van der Waals surface area (Å²) in [5.41, 5.74) is 2.20. The highest BCUT2D eigenvalue weighted by molar-refractivity contribution is 8.00. The Hall–Kier alpha value is -1.79. The van der Waals surface area contributed by atoms with Gasteiger partial charge in [-0.05, 0) is 36.4 Å². The number of thiophene rings is 1. The lowest BCUT2D eigenvalue weighted by molar-refractivity contribution is -0.149. The number of esters is 1. The second-order valence-corrected chi connectivity index (χ2v) is 7.69. The summed E-state index contributed by atoms with van der Waals surface area (Å²) in [7, 11) is 0. The molecule has 1 aromatic carbocycles. The first-order valence-electron chi connectivity index (χ1n) is 7.82. The molecule has 4 nitrogen and oxygen atoms in total. The summed E-state index contributed by atoms with van der Waals surface area (Å²) in [6.07, 6.45) is 2.49. The molecule has 0 spiro atoms. The minimum atomic E-state index is -0.563. The van der Waals surface area contributed by atoms with E-state index in [1.807, 2.05) is 42.7 Å². The molecule has 0 radical (unpaired) electrons. The fourth-order valence-electron chi connectivity index (χ4n) is 2.87. The van der Waals surface area contributed by atoms with Gasteiger partial charge in [-0.2, -0.15) is 0 Å². The van der Waals surface area contributed by atoms with Crippen LogP contribution in [0, 0.1) is 0 Å². The van der Waals surface area contributed by atoms with Crippen LogP contribution in [-0.2, 0) is 22.5 Å². The zero-order valence-electron chi connectivity index (χ0n) is 13.7. The smallest absolute Gasteiger partial charge is 0.329 e. The third-order valence-electron chi connectivity index (χ3n) is 4.06. The van der Waals surface area contributed by atoms with Crippen LogP contribution >= 0.6 is 23.1 Å². The molecule has 0 saturated carbocycles. The van der Waals surface area contributed by atoms with Crippen molar-refractivity contribution in [2.24, 2.45) is 0 Å². The molecule has 1 amide bonds. The predicted molar refractivity (Wildman–Crippen MR) is 96.5 cm³/mol. The second-order valence-electron chi connectivity index (χ2n) is 5.50. The zero-order chi connectivity index (χ0) is 17.1. The summed E-state index contributed by atoms with van der Waals surface area (Å²) >= 11 is 3.08. The fraction of sp³-hybridized carbons (Fsp3) is 0.333. The van der Waals surface area contributed by atoms with Crippen LogP contribution in [0.4, 0.5) is 0 Å². The Bertz CT molecular complexity index is 756. The van der Waals surface area contributed by atoms with Crippen LogP contribution in [0.2, 0.25) is 0 Å². The van der Waals surface area contributed by atoms with Crippen LogP contribution in [0.25, 0.3) is 0 Å². The minimum Gasteiger partial charge on any atom is -0.464 e. The van der Waals surface area contributed by atoms with Crippen molar-refractivity contribution in [3.63, 3.8) is 0 Å². The second kappa shape index (κ2) is 7.40. The summed E-state index contributed by atoms with van der Waals surface area (Å²) in [5.74, 6) is -0.435. The summed E-state index contributed by atoms with van der Waals surface area (Å²) in [6.45, 7) is 2.53. The lowest BCUT2D eigenvalue weighted by Crippen LogP contribution is -2.49. The number of nitrogens with zero attached hydrogens (tertiary/aromatic N) is 1. The van der Waals surface area contributed by atoms with E-state index >= 15 is 0 Å². The monoisotopic (exact) mass is 361 g/mol. The molecule has 0 bridgehead atoms. The average Bonchev–Trinajstić information content (AvgIpc) is 3.09. The van der Waals surface area contributed by atoms with E-state index in [4.69, 9.17) is 4.74 Å². The molecule has 1 aliphatic rings. The van der Waals surface area contributed by atoms with Gasteiger partial charge in [0, 0.05) is 13.0 Å². The van der Waals surface area contributed by atoms with Crippen molar-refractivity contribution in [2.45, 2.75) is 30.1 Å². The van der Waals surface area contributed by atoms with E-state index in [9.17, 15) is 9.59 Å². The summed E-state index contributed by atoms with van der Waals surface area (Å²) in [4.78, 5) is 27.7. The van der Waals surface area contributed by atoms with E-state index in [-0.39, 0.29) is 11.9 Å². The van der Waals surface area contributed by atoms with Crippen molar-refractivity contribution in [1.29, 1.82) is 0 Å². The summed E-state index contributed by atoms with van der Waals surface area (Å²) in [6, 6.07) is 11.2. The molecule has 0 N–H and O–H groups in total. The van der Waals surface area contributed by atoms with Crippen LogP contribution in [0.5, 0.6) is 0 Å². The standard InChI is InChI=1S/C18H19NO3S2/c1-3-22-18(21)14-10-12-6-4-5-7-13(12)11-19(14)17(20)15-8-9-16(23-2)24-15/h4-9,14H,3,10-11H2,1-2H3. The molecule has 1 atom stereocenters. The lowest BCUT2D eigenvalue weighted by Gasteiger charge is -2.35. The third kappa shape index (κ3) is 3.35. The Morgan fingerprint density at radius 1 is 1.25 bits per heavy atom. The average molecular weight is 361 g/mol. The Morgan fingerprint density at radius 3 is 2.67 bits per heavy atom. The molecule has 2 heterocycles. The maximum atomic E-state index is 13.0. The molecule has 3 rings (SSSR count). The number of rotatable bonds is 4. The van der Waals surface area contributed by atoms with Gasteiger partial charge in [0.2, 0.25) is 0 Å². The van der Waals surface area contributed by atoms with E-state index < -0.39 is 6.04 Å². The zero-order valence-corrected chi connectivity index (χ0v) is 15.3. The number of amides is 1. The van der Waals surface area contributed by atoms with Gasteiger partial charge in [-0.15, -0.1) is 23.1 Å². The van der Waals surface area contributed by atoms with E-state index in [2.05, 4.69) is 0 Å². The first-order valence-corrected chi connectivity index (χ1v) is 9.86. The fourth-order valence-corrected chi connectivity index (χ4v) is 4.37. The van der Waals surface area contributed by atoms with Gasteiger partial charge in [0.25, 0.3) is 5.91 Å². The van der Waals surface area contributed by atoms with Crippen LogP contribution < -0.4 is 0 Å². The largest absolute Gasteiger partial charge is 0.464 e. The Labute approximate surface area is 149 Å². The van der Waals surface area contributed by atoms with Crippen LogP contribution in [0.1, 0.15) is 27.7 Å². The van der Waals surface area contributed by atoms with Gasteiger partial charge in [0.1, 0.15) is 6.04 Å². The van der Waals surface area contributed by atoms with Crippen LogP contribution in [0.15, 0.2) is 40.6 Å². The number of ether oxygens (including phenoxy) is 1. The highest BCUT2D eigenvalue weighted by Crippen LogP contribution is 2.30. The van der Waals surface area contributed by atoms with Crippen molar-refractivity contribution in [3.8, 4) is 0 Å². The molecule has 0 aliphatic carbocycles.